The van der Waals surface area contributed by atoms with Crippen LogP contribution in [0.25, 0.3) is 5.65 Å². The van der Waals surface area contributed by atoms with Gasteiger partial charge in [-0.05, 0) is 38.1 Å². The maximum Gasteiger partial charge on any atom is 0.314 e. The molecule has 2 amide bonds. The molecular formula is C18H27N5O2. The number of amides is 2. The van der Waals surface area contributed by atoms with Crippen molar-refractivity contribution in [3.63, 3.8) is 0 Å². The number of likely N-dealkylation sites (tertiary alicyclic amines) is 1. The van der Waals surface area contributed by atoms with Crippen LogP contribution in [0.15, 0.2) is 30.6 Å². The predicted octanol–water partition coefficient (Wildman–Crippen LogP) is 1.02. The lowest BCUT2D eigenvalue weighted by molar-refractivity contribution is 0.101. The third-order valence-corrected chi connectivity index (χ3v) is 4.50. The SMILES string of the molecule is O=C(NCCc1cn2ccccc2n1)NCC(O)CN1CCCCC1. The maximum absolute atomic E-state index is 11.8. The molecule has 2 aromatic rings. The number of hydrogen-bond donors (Lipinski definition) is 3. The fourth-order valence-corrected chi connectivity index (χ4v) is 3.19. The van der Waals surface area contributed by atoms with Crippen molar-refractivity contribution >= 4 is 11.7 Å². The Balaban J connectivity index is 1.32. The second-order valence-corrected chi connectivity index (χ2v) is 6.60. The molecule has 1 unspecified atom stereocenters. The Labute approximate surface area is 148 Å². The van der Waals surface area contributed by atoms with Crippen molar-refractivity contribution in [2.45, 2.75) is 31.8 Å². The van der Waals surface area contributed by atoms with E-state index in [1.807, 2.05) is 35.0 Å². The van der Waals surface area contributed by atoms with E-state index in [1.165, 1.54) is 19.3 Å². The minimum Gasteiger partial charge on any atom is -0.390 e. The van der Waals surface area contributed by atoms with E-state index >= 15 is 0 Å². The van der Waals surface area contributed by atoms with Gasteiger partial charge in [-0.2, -0.15) is 0 Å². The molecule has 7 nitrogen and oxygen atoms in total. The monoisotopic (exact) mass is 345 g/mol. The average Bonchev–Trinajstić information content (AvgIpc) is 3.03. The fourth-order valence-electron chi connectivity index (χ4n) is 3.19. The molecule has 3 rings (SSSR count). The highest BCUT2D eigenvalue weighted by atomic mass is 16.3. The number of pyridine rings is 1. The van der Waals surface area contributed by atoms with Gasteiger partial charge in [-0.1, -0.05) is 12.5 Å². The summed E-state index contributed by atoms with van der Waals surface area (Å²) in [5, 5.41) is 15.6. The highest BCUT2D eigenvalue weighted by Crippen LogP contribution is 2.08. The van der Waals surface area contributed by atoms with Gasteiger partial charge in [0.15, 0.2) is 0 Å². The number of β-amino-alcohol motifs (C(OH)–C–C–N with tert-alkyl or cyclic N) is 1. The summed E-state index contributed by atoms with van der Waals surface area (Å²) in [4.78, 5) is 18.6. The van der Waals surface area contributed by atoms with Gasteiger partial charge in [-0.25, -0.2) is 9.78 Å². The average molecular weight is 345 g/mol. The van der Waals surface area contributed by atoms with Crippen LogP contribution in [0.5, 0.6) is 0 Å². The van der Waals surface area contributed by atoms with Crippen LogP contribution in [0.2, 0.25) is 0 Å². The fraction of sp³-hybridized carbons (Fsp3) is 0.556. The highest BCUT2D eigenvalue weighted by Gasteiger charge is 2.15. The molecule has 0 aromatic carbocycles. The number of aliphatic hydroxyl groups excluding tert-OH is 1. The first-order chi connectivity index (χ1) is 12.2. The molecule has 136 valence electrons. The Morgan fingerprint density at radius 2 is 2.08 bits per heavy atom. The molecule has 25 heavy (non-hydrogen) atoms. The molecule has 0 aliphatic carbocycles. The number of nitrogens with zero attached hydrogens (tertiary/aromatic N) is 3. The number of imidazole rings is 1. The van der Waals surface area contributed by atoms with Crippen LogP contribution in [0, 0.1) is 0 Å². The van der Waals surface area contributed by atoms with Crippen molar-refractivity contribution in [3.8, 4) is 0 Å². The van der Waals surface area contributed by atoms with E-state index in [1.54, 1.807) is 0 Å². The van der Waals surface area contributed by atoms with E-state index in [-0.39, 0.29) is 12.6 Å². The molecule has 7 heteroatoms. The van der Waals surface area contributed by atoms with Crippen molar-refractivity contribution < 1.29 is 9.90 Å². The predicted molar refractivity (Wildman–Crippen MR) is 96.6 cm³/mol. The zero-order valence-corrected chi connectivity index (χ0v) is 14.5. The Bertz CT molecular complexity index is 648. The van der Waals surface area contributed by atoms with Gasteiger partial charge in [0, 0.05) is 38.4 Å². The van der Waals surface area contributed by atoms with Crippen LogP contribution in [0.3, 0.4) is 0 Å². The lowest BCUT2D eigenvalue weighted by Gasteiger charge is -2.28. The van der Waals surface area contributed by atoms with Gasteiger partial charge in [0.1, 0.15) is 5.65 Å². The third-order valence-electron chi connectivity index (χ3n) is 4.50. The Hall–Kier alpha value is -2.12. The first-order valence-electron chi connectivity index (χ1n) is 9.05. The number of rotatable bonds is 7. The number of carbonyl (C=O) groups excluding carboxylic acids is 1. The number of aromatic nitrogens is 2. The lowest BCUT2D eigenvalue weighted by Crippen LogP contribution is -2.45. The van der Waals surface area contributed by atoms with Crippen molar-refractivity contribution in [1.29, 1.82) is 0 Å². The van der Waals surface area contributed by atoms with Crippen molar-refractivity contribution in [1.82, 2.24) is 24.9 Å². The summed E-state index contributed by atoms with van der Waals surface area (Å²) < 4.78 is 1.96. The summed E-state index contributed by atoms with van der Waals surface area (Å²) in [7, 11) is 0. The minimum absolute atomic E-state index is 0.249. The molecule has 2 aromatic heterocycles. The molecule has 1 fully saturated rings. The summed E-state index contributed by atoms with van der Waals surface area (Å²) in [5.74, 6) is 0. The van der Waals surface area contributed by atoms with Gasteiger partial charge in [0.2, 0.25) is 0 Å². The smallest absolute Gasteiger partial charge is 0.314 e. The summed E-state index contributed by atoms with van der Waals surface area (Å²) in [5.41, 5.74) is 1.85. The van der Waals surface area contributed by atoms with E-state index in [0.717, 1.165) is 24.4 Å². The van der Waals surface area contributed by atoms with Crippen LogP contribution in [0.4, 0.5) is 4.79 Å². The summed E-state index contributed by atoms with van der Waals surface area (Å²) in [6, 6.07) is 5.61. The van der Waals surface area contributed by atoms with Crippen LogP contribution in [-0.2, 0) is 6.42 Å². The van der Waals surface area contributed by atoms with Crippen LogP contribution >= 0.6 is 0 Å². The largest absolute Gasteiger partial charge is 0.390 e. The molecule has 0 saturated carbocycles. The maximum atomic E-state index is 11.8. The number of urea groups is 1. The van der Waals surface area contributed by atoms with Crippen LogP contribution < -0.4 is 10.6 Å². The van der Waals surface area contributed by atoms with E-state index in [2.05, 4.69) is 20.5 Å². The normalized spacial score (nSPS) is 16.7. The molecule has 1 aliphatic rings. The number of fused-ring (bicyclic) bond motifs is 1. The van der Waals surface area contributed by atoms with Crippen molar-refractivity contribution in [2.75, 3.05) is 32.7 Å². The second kappa shape index (κ2) is 8.82. The zero-order valence-electron chi connectivity index (χ0n) is 14.5. The van der Waals surface area contributed by atoms with Crippen LogP contribution in [0.1, 0.15) is 25.0 Å². The van der Waals surface area contributed by atoms with Gasteiger partial charge in [0.25, 0.3) is 0 Å². The number of hydrogen-bond acceptors (Lipinski definition) is 4. The van der Waals surface area contributed by atoms with Crippen LogP contribution in [-0.4, -0.2) is 64.2 Å². The summed E-state index contributed by atoms with van der Waals surface area (Å²) in [6.07, 6.45) is 7.74. The molecule has 0 spiro atoms. The van der Waals surface area contributed by atoms with E-state index < -0.39 is 6.10 Å². The lowest BCUT2D eigenvalue weighted by atomic mass is 10.1. The Morgan fingerprint density at radius 3 is 2.88 bits per heavy atom. The molecule has 3 heterocycles. The van der Waals surface area contributed by atoms with Gasteiger partial charge < -0.3 is 25.0 Å². The standard InChI is InChI=1S/C18H27N5O2/c24-16(14-22-9-3-1-4-10-22)12-20-18(25)19-8-7-15-13-23-11-5-2-6-17(23)21-15/h2,5-6,11,13,16,24H,1,3-4,7-10,12,14H2,(H2,19,20,25). The molecule has 1 aliphatic heterocycles. The third kappa shape index (κ3) is 5.44. The number of aliphatic hydroxyl groups is 1. The highest BCUT2D eigenvalue weighted by molar-refractivity contribution is 5.73. The second-order valence-electron chi connectivity index (χ2n) is 6.60. The zero-order chi connectivity index (χ0) is 17.5. The van der Waals surface area contributed by atoms with E-state index in [4.69, 9.17) is 0 Å². The van der Waals surface area contributed by atoms with Gasteiger partial charge in [-0.15, -0.1) is 0 Å². The molecule has 0 bridgehead atoms. The van der Waals surface area contributed by atoms with Gasteiger partial charge in [-0.3, -0.25) is 0 Å². The Morgan fingerprint density at radius 1 is 1.24 bits per heavy atom. The summed E-state index contributed by atoms with van der Waals surface area (Å²) in [6.45, 7) is 3.50. The quantitative estimate of drug-likeness (QED) is 0.700. The number of nitrogens with one attached hydrogen (secondary N) is 2. The van der Waals surface area contributed by atoms with Crippen molar-refractivity contribution in [2.24, 2.45) is 0 Å². The number of piperidine rings is 1. The molecule has 0 radical (unpaired) electrons. The Kier molecular flexibility index (Phi) is 6.25. The topological polar surface area (TPSA) is 81.9 Å². The summed E-state index contributed by atoms with van der Waals surface area (Å²) >= 11 is 0. The first kappa shape index (κ1) is 17.7. The van der Waals surface area contributed by atoms with Crippen molar-refractivity contribution in [3.05, 3.63) is 36.3 Å². The molecule has 1 saturated heterocycles. The van der Waals surface area contributed by atoms with E-state index in [0.29, 0.717) is 19.5 Å². The van der Waals surface area contributed by atoms with E-state index in [9.17, 15) is 9.90 Å². The molecule has 1 atom stereocenters. The molecule has 3 N–H and O–H groups in total. The molecular weight excluding hydrogens is 318 g/mol. The first-order valence-corrected chi connectivity index (χ1v) is 9.05. The minimum atomic E-state index is -0.526. The van der Waals surface area contributed by atoms with Gasteiger partial charge >= 0.3 is 6.03 Å². The van der Waals surface area contributed by atoms with Gasteiger partial charge in [0.05, 0.1) is 11.8 Å². The number of carbonyl (C=O) groups is 1.